The van der Waals surface area contributed by atoms with Crippen molar-refractivity contribution in [2.75, 3.05) is 13.1 Å². The Kier molecular flexibility index (Phi) is 4.93. The first-order chi connectivity index (χ1) is 11.1. The lowest BCUT2D eigenvalue weighted by atomic mass is 10.1. The molecular weight excluding hydrogens is 318 g/mol. The van der Waals surface area contributed by atoms with E-state index in [1.807, 2.05) is 12.1 Å². The van der Waals surface area contributed by atoms with Crippen LogP contribution in [-0.2, 0) is 11.2 Å². The summed E-state index contributed by atoms with van der Waals surface area (Å²) in [5, 5.41) is 14.2. The van der Waals surface area contributed by atoms with Gasteiger partial charge in [-0.15, -0.1) is 0 Å². The van der Waals surface area contributed by atoms with Crippen LogP contribution in [0.5, 0.6) is 0 Å². The molecule has 7 heteroatoms. The molecule has 1 fully saturated rings. The van der Waals surface area contributed by atoms with E-state index in [1.54, 1.807) is 17.0 Å². The number of halogens is 1. The Morgan fingerprint density at radius 2 is 2.17 bits per heavy atom. The molecule has 2 heterocycles. The molecule has 0 saturated carbocycles. The predicted molar refractivity (Wildman–Crippen MR) is 84.9 cm³/mol. The molecule has 0 bridgehead atoms. The van der Waals surface area contributed by atoms with Crippen LogP contribution >= 0.6 is 11.6 Å². The number of aryl methyl sites for hydroxylation is 1. The van der Waals surface area contributed by atoms with Crippen LogP contribution in [0.4, 0.5) is 0 Å². The topological polar surface area (TPSA) is 79.5 Å². The molecule has 0 aliphatic carbocycles. The molecule has 0 spiro atoms. The van der Waals surface area contributed by atoms with Gasteiger partial charge in [0.2, 0.25) is 17.6 Å². The number of carbonyl (C=O) groups is 1. The van der Waals surface area contributed by atoms with Crippen LogP contribution in [-0.4, -0.2) is 45.2 Å². The molecule has 1 aromatic carbocycles. The number of amides is 1. The largest absolute Gasteiger partial charge is 0.391 e. The van der Waals surface area contributed by atoms with Gasteiger partial charge in [-0.2, -0.15) is 4.98 Å². The van der Waals surface area contributed by atoms with Crippen molar-refractivity contribution >= 4 is 17.5 Å². The van der Waals surface area contributed by atoms with Gasteiger partial charge in [0.25, 0.3) is 0 Å². The summed E-state index contributed by atoms with van der Waals surface area (Å²) in [5.74, 6) is 0.924. The molecule has 1 unspecified atom stereocenters. The molecule has 122 valence electrons. The third kappa shape index (κ3) is 4.09. The van der Waals surface area contributed by atoms with Crippen LogP contribution in [0, 0.1) is 0 Å². The van der Waals surface area contributed by atoms with E-state index in [2.05, 4.69) is 10.1 Å². The number of aromatic nitrogens is 2. The molecule has 3 rings (SSSR count). The van der Waals surface area contributed by atoms with E-state index in [4.69, 9.17) is 16.1 Å². The van der Waals surface area contributed by atoms with Crippen LogP contribution in [0.3, 0.4) is 0 Å². The average molecular weight is 336 g/mol. The summed E-state index contributed by atoms with van der Waals surface area (Å²) < 4.78 is 5.19. The Balaban J connectivity index is 1.56. The standard InChI is InChI=1S/C16H18ClN3O3/c17-12-5-3-11(4-6-12)16-18-14(23-19-16)7-8-15(22)20-9-1-2-13(21)10-20/h3-6,13,21H,1-2,7-10H2. The van der Waals surface area contributed by atoms with E-state index in [0.717, 1.165) is 18.4 Å². The third-order valence-corrected chi connectivity index (χ3v) is 4.12. The highest BCUT2D eigenvalue weighted by Crippen LogP contribution is 2.19. The van der Waals surface area contributed by atoms with Crippen molar-refractivity contribution in [3.8, 4) is 11.4 Å². The number of benzene rings is 1. The first-order valence-electron chi connectivity index (χ1n) is 7.66. The van der Waals surface area contributed by atoms with Crippen molar-refractivity contribution in [1.29, 1.82) is 0 Å². The summed E-state index contributed by atoms with van der Waals surface area (Å²) in [6.45, 7) is 1.12. The van der Waals surface area contributed by atoms with E-state index in [1.165, 1.54) is 0 Å². The van der Waals surface area contributed by atoms with E-state index >= 15 is 0 Å². The lowest BCUT2D eigenvalue weighted by molar-refractivity contribution is -0.134. The number of piperidine rings is 1. The predicted octanol–water partition coefficient (Wildman–Crippen LogP) is 2.31. The van der Waals surface area contributed by atoms with Gasteiger partial charge in [0.1, 0.15) is 0 Å². The highest BCUT2D eigenvalue weighted by molar-refractivity contribution is 6.30. The van der Waals surface area contributed by atoms with Gasteiger partial charge in [0, 0.05) is 36.5 Å². The van der Waals surface area contributed by atoms with Crippen molar-refractivity contribution in [3.63, 3.8) is 0 Å². The Bertz CT molecular complexity index is 671. The number of likely N-dealkylation sites (tertiary alicyclic amines) is 1. The lowest BCUT2D eigenvalue weighted by Gasteiger charge is -2.30. The van der Waals surface area contributed by atoms with Crippen LogP contribution in [0.15, 0.2) is 28.8 Å². The molecule has 6 nitrogen and oxygen atoms in total. The van der Waals surface area contributed by atoms with Gasteiger partial charge in [-0.25, -0.2) is 0 Å². The Morgan fingerprint density at radius 1 is 1.39 bits per heavy atom. The molecule has 2 aromatic rings. The van der Waals surface area contributed by atoms with Gasteiger partial charge >= 0.3 is 0 Å². The highest BCUT2D eigenvalue weighted by Gasteiger charge is 2.22. The normalized spacial score (nSPS) is 18.2. The van der Waals surface area contributed by atoms with Crippen LogP contribution in [0.2, 0.25) is 5.02 Å². The fourth-order valence-electron chi connectivity index (χ4n) is 2.63. The molecule has 1 N–H and O–H groups in total. The minimum Gasteiger partial charge on any atom is -0.391 e. The molecule has 23 heavy (non-hydrogen) atoms. The van der Waals surface area contributed by atoms with Crippen LogP contribution in [0.25, 0.3) is 11.4 Å². The molecule has 1 amide bonds. The molecule has 1 aliphatic heterocycles. The summed E-state index contributed by atoms with van der Waals surface area (Å²) in [6.07, 6.45) is 1.89. The number of hydrogen-bond donors (Lipinski definition) is 1. The zero-order chi connectivity index (χ0) is 16.2. The van der Waals surface area contributed by atoms with Gasteiger partial charge in [0.05, 0.1) is 6.10 Å². The molecular formula is C16H18ClN3O3. The maximum absolute atomic E-state index is 12.1. The zero-order valence-corrected chi connectivity index (χ0v) is 13.4. The zero-order valence-electron chi connectivity index (χ0n) is 12.6. The van der Waals surface area contributed by atoms with Crippen molar-refractivity contribution < 1.29 is 14.4 Å². The van der Waals surface area contributed by atoms with E-state index in [9.17, 15) is 9.90 Å². The summed E-state index contributed by atoms with van der Waals surface area (Å²) in [7, 11) is 0. The van der Waals surface area contributed by atoms with Gasteiger partial charge in [-0.3, -0.25) is 4.79 Å². The van der Waals surface area contributed by atoms with E-state index in [0.29, 0.717) is 42.7 Å². The molecule has 1 aliphatic rings. The fourth-order valence-corrected chi connectivity index (χ4v) is 2.75. The molecule has 1 saturated heterocycles. The van der Waals surface area contributed by atoms with Crippen LogP contribution < -0.4 is 0 Å². The van der Waals surface area contributed by atoms with Gasteiger partial charge < -0.3 is 14.5 Å². The second-order valence-electron chi connectivity index (χ2n) is 5.65. The van der Waals surface area contributed by atoms with Gasteiger partial charge in [-0.05, 0) is 37.1 Å². The van der Waals surface area contributed by atoms with Gasteiger partial charge in [0.15, 0.2) is 0 Å². The quantitative estimate of drug-likeness (QED) is 0.927. The summed E-state index contributed by atoms with van der Waals surface area (Å²) in [5.41, 5.74) is 0.815. The number of aliphatic hydroxyl groups excluding tert-OH is 1. The highest BCUT2D eigenvalue weighted by atomic mass is 35.5. The van der Waals surface area contributed by atoms with Crippen LogP contribution in [0.1, 0.15) is 25.2 Å². The van der Waals surface area contributed by atoms with Crippen molar-refractivity contribution in [1.82, 2.24) is 15.0 Å². The first kappa shape index (κ1) is 16.0. The molecule has 1 atom stereocenters. The van der Waals surface area contributed by atoms with Crippen molar-refractivity contribution in [2.24, 2.45) is 0 Å². The molecule has 0 radical (unpaired) electrons. The number of nitrogens with zero attached hydrogens (tertiary/aromatic N) is 3. The number of carbonyl (C=O) groups excluding carboxylic acids is 1. The van der Waals surface area contributed by atoms with E-state index in [-0.39, 0.29) is 5.91 Å². The van der Waals surface area contributed by atoms with Gasteiger partial charge in [-0.1, -0.05) is 16.8 Å². The second-order valence-corrected chi connectivity index (χ2v) is 6.09. The number of β-amino-alcohol motifs (C(OH)–C–C–N with tert-alkyl or cyclic N) is 1. The first-order valence-corrected chi connectivity index (χ1v) is 8.04. The van der Waals surface area contributed by atoms with E-state index < -0.39 is 6.10 Å². The minimum absolute atomic E-state index is 0.00925. The molecule has 1 aromatic heterocycles. The van der Waals surface area contributed by atoms with Crippen molar-refractivity contribution in [3.05, 3.63) is 35.2 Å². The SMILES string of the molecule is O=C(CCc1nc(-c2ccc(Cl)cc2)no1)N1CCCC(O)C1. The Labute approximate surface area is 139 Å². The summed E-state index contributed by atoms with van der Waals surface area (Å²) >= 11 is 5.85. The second kappa shape index (κ2) is 7.10. The number of aliphatic hydroxyl groups is 1. The minimum atomic E-state index is -0.410. The lowest BCUT2D eigenvalue weighted by Crippen LogP contribution is -2.42. The Morgan fingerprint density at radius 3 is 2.91 bits per heavy atom. The Hall–Kier alpha value is -1.92. The third-order valence-electron chi connectivity index (χ3n) is 3.87. The maximum atomic E-state index is 12.1. The summed E-state index contributed by atoms with van der Waals surface area (Å²) in [4.78, 5) is 18.1. The monoisotopic (exact) mass is 335 g/mol. The number of rotatable bonds is 4. The number of hydrogen-bond acceptors (Lipinski definition) is 5. The van der Waals surface area contributed by atoms with Crippen molar-refractivity contribution in [2.45, 2.75) is 31.8 Å². The fraction of sp³-hybridized carbons (Fsp3) is 0.438. The maximum Gasteiger partial charge on any atom is 0.227 e. The average Bonchev–Trinajstić information content (AvgIpc) is 3.02. The summed E-state index contributed by atoms with van der Waals surface area (Å²) in [6, 6.07) is 7.16. The smallest absolute Gasteiger partial charge is 0.227 e.